The van der Waals surface area contributed by atoms with Crippen molar-refractivity contribution in [2.75, 3.05) is 18.1 Å². The van der Waals surface area contributed by atoms with Gasteiger partial charge in [0.15, 0.2) is 15.7 Å². The number of sulfone groups is 1. The summed E-state index contributed by atoms with van der Waals surface area (Å²) < 4.78 is 28.7. The lowest BCUT2D eigenvalue weighted by molar-refractivity contribution is 0.137. The second kappa shape index (κ2) is 9.29. The van der Waals surface area contributed by atoms with Crippen LogP contribution in [0.2, 0.25) is 0 Å². The smallest absolute Gasteiger partial charge is 0.204 e. The maximum absolute atomic E-state index is 12.1. The summed E-state index contributed by atoms with van der Waals surface area (Å²) in [6.45, 7) is 7.62. The van der Waals surface area contributed by atoms with Crippen molar-refractivity contribution in [1.82, 2.24) is 19.2 Å². The molecule has 1 saturated heterocycles. The Morgan fingerprint density at radius 1 is 1.12 bits per heavy atom. The molecule has 3 aromatic rings. The number of aromatic nitrogens is 3. The van der Waals surface area contributed by atoms with E-state index in [9.17, 15) is 8.42 Å². The molecule has 1 fully saturated rings. The van der Waals surface area contributed by atoms with Crippen LogP contribution in [0, 0.1) is 17.6 Å². The first kappa shape index (κ1) is 22.9. The zero-order valence-corrected chi connectivity index (χ0v) is 20.4. The zero-order chi connectivity index (χ0) is 22.9. The Kier molecular flexibility index (Phi) is 6.65. The molecule has 1 aromatic heterocycles. The summed E-state index contributed by atoms with van der Waals surface area (Å²) in [5.74, 6) is 1.64. The van der Waals surface area contributed by atoms with E-state index < -0.39 is 9.84 Å². The molecule has 0 amide bonds. The fourth-order valence-corrected chi connectivity index (χ4v) is 6.28. The average Bonchev–Trinajstić information content (AvgIpc) is 3.28. The van der Waals surface area contributed by atoms with Crippen molar-refractivity contribution < 1.29 is 8.42 Å². The van der Waals surface area contributed by atoms with Gasteiger partial charge in [-0.15, -0.1) is 5.10 Å². The topological polar surface area (TPSA) is 60.1 Å². The third-order valence-electron chi connectivity index (χ3n) is 5.80. The van der Waals surface area contributed by atoms with Crippen LogP contribution in [0.3, 0.4) is 0 Å². The molecule has 0 saturated carbocycles. The van der Waals surface area contributed by atoms with Crippen LogP contribution < -0.4 is 0 Å². The van der Waals surface area contributed by atoms with Gasteiger partial charge in [-0.25, -0.2) is 13.1 Å². The Labute approximate surface area is 195 Å². The fraction of sp³-hybridized carbons (Fsp3) is 0.417. The number of benzene rings is 2. The van der Waals surface area contributed by atoms with Crippen LogP contribution in [0.15, 0.2) is 54.6 Å². The number of rotatable bonds is 7. The summed E-state index contributed by atoms with van der Waals surface area (Å²) in [5, 5.41) is 4.92. The normalized spacial score (nSPS) is 18.0. The molecule has 0 radical (unpaired) electrons. The van der Waals surface area contributed by atoms with Crippen molar-refractivity contribution in [2.45, 2.75) is 39.9 Å². The summed E-state index contributed by atoms with van der Waals surface area (Å²) in [6.07, 6.45) is 0.659. The minimum absolute atomic E-state index is 0.00556. The van der Waals surface area contributed by atoms with E-state index in [1.54, 1.807) is 0 Å². The molecule has 8 heteroatoms. The average molecular weight is 471 g/mol. The molecule has 0 N–H and O–H groups in total. The van der Waals surface area contributed by atoms with Gasteiger partial charge in [0.2, 0.25) is 4.77 Å². The molecule has 6 nitrogen and oxygen atoms in total. The summed E-state index contributed by atoms with van der Waals surface area (Å²) in [4.78, 5) is 2.23. The van der Waals surface area contributed by atoms with E-state index in [1.807, 2.05) is 39.6 Å². The first-order valence-electron chi connectivity index (χ1n) is 11.0. The molecule has 32 heavy (non-hydrogen) atoms. The van der Waals surface area contributed by atoms with Crippen LogP contribution in [0.5, 0.6) is 0 Å². The van der Waals surface area contributed by atoms with Crippen LogP contribution in [0.1, 0.15) is 25.8 Å². The summed E-state index contributed by atoms with van der Waals surface area (Å²) in [7, 11) is -2.97. The molecule has 1 aliphatic rings. The molecule has 4 rings (SSSR count). The van der Waals surface area contributed by atoms with Crippen molar-refractivity contribution in [2.24, 2.45) is 5.92 Å². The lowest BCUT2D eigenvalue weighted by atomic mass is 10.1. The zero-order valence-electron chi connectivity index (χ0n) is 18.8. The van der Waals surface area contributed by atoms with Crippen molar-refractivity contribution >= 4 is 22.1 Å². The quantitative estimate of drug-likeness (QED) is 0.477. The standard InChI is InChI=1S/C24H30N4O2S2/c1-18(2)15-26(22-13-14-32(29,30)16-22)17-27-24(31)28(21-11-9-19(3)10-12-21)23(25-27)20-7-5-4-6-8-20/h4-12,18,22H,13-17H2,1-3H3. The van der Waals surface area contributed by atoms with E-state index in [2.05, 4.69) is 49.9 Å². The Balaban J connectivity index is 1.76. The van der Waals surface area contributed by atoms with Gasteiger partial charge in [0.25, 0.3) is 0 Å². The van der Waals surface area contributed by atoms with Crippen LogP contribution in [0.4, 0.5) is 0 Å². The molecule has 0 bridgehead atoms. The summed E-state index contributed by atoms with van der Waals surface area (Å²) in [5.41, 5.74) is 3.13. The van der Waals surface area contributed by atoms with E-state index >= 15 is 0 Å². The van der Waals surface area contributed by atoms with E-state index in [-0.39, 0.29) is 17.5 Å². The summed E-state index contributed by atoms with van der Waals surface area (Å²) in [6, 6.07) is 18.3. The molecule has 1 aliphatic heterocycles. The van der Waals surface area contributed by atoms with Gasteiger partial charge in [0.05, 0.1) is 18.2 Å². The van der Waals surface area contributed by atoms with Crippen molar-refractivity contribution in [1.29, 1.82) is 0 Å². The van der Waals surface area contributed by atoms with Crippen molar-refractivity contribution in [3.05, 3.63) is 64.9 Å². The second-order valence-electron chi connectivity index (χ2n) is 9.01. The van der Waals surface area contributed by atoms with Crippen LogP contribution in [0.25, 0.3) is 17.1 Å². The molecule has 1 unspecified atom stereocenters. The van der Waals surface area contributed by atoms with Crippen LogP contribution in [-0.4, -0.2) is 51.8 Å². The molecule has 2 aromatic carbocycles. The maximum atomic E-state index is 12.1. The predicted molar refractivity (Wildman–Crippen MR) is 131 cm³/mol. The highest BCUT2D eigenvalue weighted by atomic mass is 32.2. The van der Waals surface area contributed by atoms with Gasteiger partial charge in [-0.2, -0.15) is 0 Å². The molecule has 0 aliphatic carbocycles. The van der Waals surface area contributed by atoms with Crippen molar-refractivity contribution in [3.63, 3.8) is 0 Å². The number of nitrogens with zero attached hydrogens (tertiary/aromatic N) is 4. The molecule has 1 atom stereocenters. The van der Waals surface area contributed by atoms with E-state index in [1.165, 1.54) is 5.56 Å². The number of aryl methyl sites for hydroxylation is 1. The Bertz CT molecular complexity index is 1230. The SMILES string of the molecule is Cc1ccc(-n2c(-c3ccccc3)nn(CN(CC(C)C)C3CCS(=O)(=O)C3)c2=S)cc1. The number of hydrogen-bond donors (Lipinski definition) is 0. The lowest BCUT2D eigenvalue weighted by Gasteiger charge is -2.29. The van der Waals surface area contributed by atoms with E-state index in [0.29, 0.717) is 23.8 Å². The van der Waals surface area contributed by atoms with Crippen LogP contribution in [-0.2, 0) is 16.5 Å². The summed E-state index contributed by atoms with van der Waals surface area (Å²) >= 11 is 5.90. The third-order valence-corrected chi connectivity index (χ3v) is 7.95. The van der Waals surface area contributed by atoms with Gasteiger partial charge in [0.1, 0.15) is 0 Å². The monoisotopic (exact) mass is 470 g/mol. The predicted octanol–water partition coefficient (Wildman–Crippen LogP) is 4.48. The highest BCUT2D eigenvalue weighted by Gasteiger charge is 2.33. The largest absolute Gasteiger partial charge is 0.280 e. The molecule has 170 valence electrons. The van der Waals surface area contributed by atoms with Gasteiger partial charge < -0.3 is 0 Å². The fourth-order valence-electron chi connectivity index (χ4n) is 4.23. The Morgan fingerprint density at radius 2 is 1.81 bits per heavy atom. The molecule has 0 spiro atoms. The highest BCUT2D eigenvalue weighted by molar-refractivity contribution is 7.91. The van der Waals surface area contributed by atoms with E-state index in [0.717, 1.165) is 23.6 Å². The molecular formula is C24H30N4O2S2. The lowest BCUT2D eigenvalue weighted by Crippen LogP contribution is -2.40. The minimum atomic E-state index is -2.97. The van der Waals surface area contributed by atoms with Gasteiger partial charge in [-0.1, -0.05) is 61.9 Å². The van der Waals surface area contributed by atoms with E-state index in [4.69, 9.17) is 17.3 Å². The molecule has 2 heterocycles. The maximum Gasteiger partial charge on any atom is 0.204 e. The van der Waals surface area contributed by atoms with Gasteiger partial charge >= 0.3 is 0 Å². The second-order valence-corrected chi connectivity index (χ2v) is 11.6. The highest BCUT2D eigenvalue weighted by Crippen LogP contribution is 2.25. The minimum Gasteiger partial charge on any atom is -0.280 e. The number of hydrogen-bond acceptors (Lipinski definition) is 5. The van der Waals surface area contributed by atoms with Gasteiger partial charge in [0, 0.05) is 23.8 Å². The Hall–Kier alpha value is -2.29. The van der Waals surface area contributed by atoms with Gasteiger partial charge in [-0.05, 0) is 43.6 Å². The third kappa shape index (κ3) is 5.03. The molecular weight excluding hydrogens is 440 g/mol. The Morgan fingerprint density at radius 3 is 2.41 bits per heavy atom. The first-order chi connectivity index (χ1) is 15.2. The van der Waals surface area contributed by atoms with Crippen LogP contribution >= 0.6 is 12.2 Å². The van der Waals surface area contributed by atoms with Gasteiger partial charge in [-0.3, -0.25) is 9.47 Å². The van der Waals surface area contributed by atoms with Crippen molar-refractivity contribution in [3.8, 4) is 17.1 Å². The first-order valence-corrected chi connectivity index (χ1v) is 13.2.